The molecular formula is C19H20Cl2N2O3. The van der Waals surface area contributed by atoms with Crippen molar-refractivity contribution in [3.63, 3.8) is 0 Å². The summed E-state index contributed by atoms with van der Waals surface area (Å²) < 4.78 is 5.58. The second-order valence-electron chi connectivity index (χ2n) is 6.03. The number of halogens is 2. The maximum atomic E-state index is 12.3. The lowest BCUT2D eigenvalue weighted by Gasteiger charge is -2.16. The molecule has 2 rings (SSSR count). The van der Waals surface area contributed by atoms with Gasteiger partial charge >= 0.3 is 0 Å². The van der Waals surface area contributed by atoms with Crippen molar-refractivity contribution >= 4 is 40.7 Å². The van der Waals surface area contributed by atoms with Crippen molar-refractivity contribution in [2.24, 2.45) is 0 Å². The SMILES string of the molecule is CC(C)NC(=O)c1cccc(NC(=O)C(C)Oc2ccc(Cl)cc2Cl)c1. The van der Waals surface area contributed by atoms with Crippen LogP contribution in [0.1, 0.15) is 31.1 Å². The summed E-state index contributed by atoms with van der Waals surface area (Å²) in [6, 6.07) is 11.5. The van der Waals surface area contributed by atoms with Crippen LogP contribution in [0.2, 0.25) is 10.0 Å². The van der Waals surface area contributed by atoms with Crippen LogP contribution < -0.4 is 15.4 Å². The molecule has 2 aromatic carbocycles. The Morgan fingerprint density at radius 2 is 1.77 bits per heavy atom. The van der Waals surface area contributed by atoms with Gasteiger partial charge < -0.3 is 15.4 Å². The van der Waals surface area contributed by atoms with Gasteiger partial charge in [-0.2, -0.15) is 0 Å². The first-order chi connectivity index (χ1) is 12.3. The molecule has 2 aromatic rings. The van der Waals surface area contributed by atoms with Crippen LogP contribution in [-0.2, 0) is 4.79 Å². The van der Waals surface area contributed by atoms with Crippen LogP contribution in [0, 0.1) is 0 Å². The van der Waals surface area contributed by atoms with Crippen LogP contribution >= 0.6 is 23.2 Å². The van der Waals surface area contributed by atoms with E-state index in [9.17, 15) is 9.59 Å². The quantitative estimate of drug-likeness (QED) is 0.755. The molecule has 5 nitrogen and oxygen atoms in total. The molecule has 7 heteroatoms. The van der Waals surface area contributed by atoms with Crippen molar-refractivity contribution in [3.8, 4) is 5.75 Å². The molecule has 0 radical (unpaired) electrons. The largest absolute Gasteiger partial charge is 0.479 e. The van der Waals surface area contributed by atoms with Gasteiger partial charge in [-0.25, -0.2) is 0 Å². The highest BCUT2D eigenvalue weighted by Gasteiger charge is 2.17. The highest BCUT2D eigenvalue weighted by atomic mass is 35.5. The zero-order chi connectivity index (χ0) is 19.3. The van der Waals surface area contributed by atoms with Crippen molar-refractivity contribution in [3.05, 3.63) is 58.1 Å². The second-order valence-corrected chi connectivity index (χ2v) is 6.88. The number of hydrogen-bond donors (Lipinski definition) is 2. The first-order valence-corrected chi connectivity index (χ1v) is 8.85. The average Bonchev–Trinajstić information content (AvgIpc) is 2.57. The predicted molar refractivity (Wildman–Crippen MR) is 104 cm³/mol. The highest BCUT2D eigenvalue weighted by molar-refractivity contribution is 6.35. The fraction of sp³-hybridized carbons (Fsp3) is 0.263. The smallest absolute Gasteiger partial charge is 0.265 e. The van der Waals surface area contributed by atoms with Gasteiger partial charge in [-0.3, -0.25) is 9.59 Å². The Bertz CT molecular complexity index is 809. The number of hydrogen-bond acceptors (Lipinski definition) is 3. The molecule has 0 aliphatic rings. The number of benzene rings is 2. The maximum Gasteiger partial charge on any atom is 0.265 e. The number of nitrogens with one attached hydrogen (secondary N) is 2. The Labute approximate surface area is 162 Å². The van der Waals surface area contributed by atoms with Gasteiger partial charge in [0, 0.05) is 22.3 Å². The summed E-state index contributed by atoms with van der Waals surface area (Å²) in [7, 11) is 0. The highest BCUT2D eigenvalue weighted by Crippen LogP contribution is 2.28. The molecule has 0 saturated heterocycles. The van der Waals surface area contributed by atoms with Gasteiger partial charge in [-0.05, 0) is 57.2 Å². The zero-order valence-electron chi connectivity index (χ0n) is 14.7. The summed E-state index contributed by atoms with van der Waals surface area (Å²) in [6.45, 7) is 5.37. The predicted octanol–water partition coefficient (Wildman–Crippen LogP) is 4.54. The molecule has 2 N–H and O–H groups in total. The number of amides is 2. The number of carbonyl (C=O) groups excluding carboxylic acids is 2. The van der Waals surface area contributed by atoms with Crippen LogP contribution in [0.3, 0.4) is 0 Å². The summed E-state index contributed by atoms with van der Waals surface area (Å²) in [6.07, 6.45) is -0.790. The third-order valence-corrected chi connectivity index (χ3v) is 3.91. The number of rotatable bonds is 6. The minimum atomic E-state index is -0.790. The Morgan fingerprint density at radius 1 is 1.04 bits per heavy atom. The van der Waals surface area contributed by atoms with E-state index in [4.69, 9.17) is 27.9 Å². The lowest BCUT2D eigenvalue weighted by Crippen LogP contribution is -2.31. The summed E-state index contributed by atoms with van der Waals surface area (Å²) in [4.78, 5) is 24.4. The minimum Gasteiger partial charge on any atom is -0.479 e. The van der Waals surface area contributed by atoms with Gasteiger partial charge in [0.25, 0.3) is 11.8 Å². The van der Waals surface area contributed by atoms with Gasteiger partial charge in [-0.1, -0.05) is 29.3 Å². The van der Waals surface area contributed by atoms with E-state index in [1.165, 1.54) is 0 Å². The molecule has 138 valence electrons. The average molecular weight is 395 g/mol. The molecule has 0 bridgehead atoms. The van der Waals surface area contributed by atoms with Gasteiger partial charge in [0.1, 0.15) is 5.75 Å². The van der Waals surface area contributed by atoms with Crippen molar-refractivity contribution in [1.29, 1.82) is 0 Å². The summed E-state index contributed by atoms with van der Waals surface area (Å²) >= 11 is 11.9. The van der Waals surface area contributed by atoms with Crippen LogP contribution in [0.5, 0.6) is 5.75 Å². The monoisotopic (exact) mass is 394 g/mol. The Hall–Kier alpha value is -2.24. The van der Waals surface area contributed by atoms with Crippen LogP contribution in [0.25, 0.3) is 0 Å². The molecule has 1 unspecified atom stereocenters. The van der Waals surface area contributed by atoms with Crippen molar-refractivity contribution in [2.75, 3.05) is 5.32 Å². The third-order valence-electron chi connectivity index (χ3n) is 3.38. The Balaban J connectivity index is 2.03. The molecule has 26 heavy (non-hydrogen) atoms. The number of anilines is 1. The molecule has 0 fully saturated rings. The van der Waals surface area contributed by atoms with Crippen LogP contribution in [-0.4, -0.2) is 24.0 Å². The topological polar surface area (TPSA) is 67.4 Å². The first-order valence-electron chi connectivity index (χ1n) is 8.09. The lowest BCUT2D eigenvalue weighted by atomic mass is 10.1. The summed E-state index contributed by atoms with van der Waals surface area (Å²) in [5.41, 5.74) is 0.967. The van der Waals surface area contributed by atoms with Gasteiger partial charge in [0.05, 0.1) is 5.02 Å². The van der Waals surface area contributed by atoms with E-state index in [0.717, 1.165) is 0 Å². The van der Waals surface area contributed by atoms with Crippen LogP contribution in [0.4, 0.5) is 5.69 Å². The molecule has 0 aliphatic carbocycles. The molecule has 2 amide bonds. The maximum absolute atomic E-state index is 12.3. The number of ether oxygens (including phenoxy) is 1. The Morgan fingerprint density at radius 3 is 2.42 bits per heavy atom. The van der Waals surface area contributed by atoms with Gasteiger partial charge in [-0.15, -0.1) is 0 Å². The standard InChI is InChI=1S/C19H20Cl2N2O3/c1-11(2)22-19(25)13-5-4-6-15(9-13)23-18(24)12(3)26-17-8-7-14(20)10-16(17)21/h4-12H,1-3H3,(H,22,25)(H,23,24). The Kier molecular flexibility index (Phi) is 6.89. The van der Waals surface area contributed by atoms with E-state index in [1.807, 2.05) is 13.8 Å². The minimum absolute atomic E-state index is 0.0262. The molecule has 0 aliphatic heterocycles. The summed E-state index contributed by atoms with van der Waals surface area (Å²) in [5, 5.41) is 6.34. The fourth-order valence-corrected chi connectivity index (χ4v) is 2.60. The first kappa shape index (κ1) is 20.1. The summed E-state index contributed by atoms with van der Waals surface area (Å²) in [5.74, 6) is -0.199. The van der Waals surface area contributed by atoms with E-state index in [-0.39, 0.29) is 17.9 Å². The molecule has 1 atom stereocenters. The molecule has 0 aromatic heterocycles. The van der Waals surface area contributed by atoms with Crippen molar-refractivity contribution in [2.45, 2.75) is 32.9 Å². The van der Waals surface area contributed by atoms with E-state index >= 15 is 0 Å². The van der Waals surface area contributed by atoms with E-state index < -0.39 is 6.10 Å². The third kappa shape index (κ3) is 5.64. The molecule has 0 heterocycles. The second kappa shape index (κ2) is 8.92. The van der Waals surface area contributed by atoms with E-state index in [2.05, 4.69) is 10.6 Å². The fourth-order valence-electron chi connectivity index (χ4n) is 2.14. The van der Waals surface area contributed by atoms with Crippen molar-refractivity contribution in [1.82, 2.24) is 5.32 Å². The number of carbonyl (C=O) groups is 2. The zero-order valence-corrected chi connectivity index (χ0v) is 16.2. The van der Waals surface area contributed by atoms with E-state index in [0.29, 0.717) is 27.0 Å². The normalized spacial score (nSPS) is 11.8. The van der Waals surface area contributed by atoms with Crippen molar-refractivity contribution < 1.29 is 14.3 Å². The van der Waals surface area contributed by atoms with Crippen LogP contribution in [0.15, 0.2) is 42.5 Å². The molecule has 0 saturated carbocycles. The molecule has 0 spiro atoms. The van der Waals surface area contributed by atoms with Gasteiger partial charge in [0.15, 0.2) is 6.10 Å². The molecular weight excluding hydrogens is 375 g/mol. The van der Waals surface area contributed by atoms with E-state index in [1.54, 1.807) is 49.4 Å². The lowest BCUT2D eigenvalue weighted by molar-refractivity contribution is -0.122. The van der Waals surface area contributed by atoms with Gasteiger partial charge in [0.2, 0.25) is 0 Å².